The van der Waals surface area contributed by atoms with Gasteiger partial charge in [0.15, 0.2) is 0 Å². The molecule has 1 heterocycles. The normalized spacial score (nSPS) is 28.3. The van der Waals surface area contributed by atoms with Crippen LogP contribution < -0.4 is 5.73 Å². The van der Waals surface area contributed by atoms with Crippen molar-refractivity contribution in [3.05, 3.63) is 35.4 Å². The number of nitrogens with zero attached hydrogens (tertiary/aromatic N) is 2. The molecule has 1 aromatic carbocycles. The molecule has 1 aliphatic heterocycles. The first-order chi connectivity index (χ1) is 10.1. The molecule has 114 valence electrons. The lowest BCUT2D eigenvalue weighted by molar-refractivity contribution is -0.123. The van der Waals surface area contributed by atoms with Crippen LogP contribution in [0.2, 0.25) is 0 Å². The summed E-state index contributed by atoms with van der Waals surface area (Å²) in [5.41, 5.74) is 7.69. The molecule has 3 atom stereocenters. The second-order valence-corrected chi connectivity index (χ2v) is 6.07. The van der Waals surface area contributed by atoms with Gasteiger partial charge in [-0.1, -0.05) is 24.3 Å². The fraction of sp³-hybridized carbons (Fsp3) is 0.562. The number of nitrogens with two attached hydrogens (primary N) is 1. The van der Waals surface area contributed by atoms with Gasteiger partial charge in [-0.15, -0.1) is 0 Å². The van der Waals surface area contributed by atoms with Crippen LogP contribution in [-0.2, 0) is 11.2 Å². The summed E-state index contributed by atoms with van der Waals surface area (Å²) in [7, 11) is 0. The maximum Gasteiger partial charge on any atom is 0.234 e. The number of carbonyl (C=O) groups is 1. The van der Waals surface area contributed by atoms with Gasteiger partial charge in [0.2, 0.25) is 5.91 Å². The fourth-order valence-electron chi connectivity index (χ4n) is 3.52. The average molecular weight is 289 g/mol. The number of amides is 1. The molecule has 1 saturated heterocycles. The Hall–Kier alpha value is -1.43. The van der Waals surface area contributed by atoms with Crippen LogP contribution in [0.15, 0.2) is 24.3 Å². The molecule has 0 saturated carbocycles. The lowest BCUT2D eigenvalue weighted by atomic mass is 10.1. The number of hydrogen-bond donors (Lipinski definition) is 2. The van der Waals surface area contributed by atoms with E-state index in [1.165, 1.54) is 5.56 Å². The molecular formula is C16H23N3O2. The van der Waals surface area contributed by atoms with Crippen LogP contribution in [0.3, 0.4) is 0 Å². The lowest BCUT2D eigenvalue weighted by Crippen LogP contribution is -2.55. The third kappa shape index (κ3) is 2.69. The van der Waals surface area contributed by atoms with Crippen molar-refractivity contribution in [3.8, 4) is 0 Å². The molecule has 5 heteroatoms. The molecule has 2 aliphatic rings. The summed E-state index contributed by atoms with van der Waals surface area (Å²) in [6, 6.07) is 8.08. The van der Waals surface area contributed by atoms with Gasteiger partial charge in [-0.2, -0.15) is 0 Å². The van der Waals surface area contributed by atoms with E-state index in [0.717, 1.165) is 38.2 Å². The Kier molecular flexibility index (Phi) is 3.97. The topological polar surface area (TPSA) is 69.8 Å². The number of piperazine rings is 1. The van der Waals surface area contributed by atoms with Crippen molar-refractivity contribution < 1.29 is 9.90 Å². The quantitative estimate of drug-likeness (QED) is 0.830. The SMILES string of the molecule is C[C@H](C(N)=O)N1CCN([C@@H]2Cc3ccccc3[C@H]2O)CC1. The number of fused-ring (bicyclic) bond motifs is 1. The van der Waals surface area contributed by atoms with Crippen LogP contribution in [0.25, 0.3) is 0 Å². The first kappa shape index (κ1) is 14.5. The number of rotatable bonds is 3. The van der Waals surface area contributed by atoms with E-state index in [9.17, 15) is 9.90 Å². The summed E-state index contributed by atoms with van der Waals surface area (Å²) >= 11 is 0. The van der Waals surface area contributed by atoms with E-state index in [4.69, 9.17) is 5.73 Å². The Morgan fingerprint density at radius 2 is 1.95 bits per heavy atom. The molecule has 0 radical (unpaired) electrons. The molecule has 0 spiro atoms. The van der Waals surface area contributed by atoms with Crippen molar-refractivity contribution >= 4 is 5.91 Å². The van der Waals surface area contributed by atoms with Crippen LogP contribution >= 0.6 is 0 Å². The van der Waals surface area contributed by atoms with E-state index >= 15 is 0 Å². The van der Waals surface area contributed by atoms with Gasteiger partial charge in [-0.05, 0) is 24.5 Å². The van der Waals surface area contributed by atoms with E-state index in [1.54, 1.807) is 0 Å². The van der Waals surface area contributed by atoms with Gasteiger partial charge in [-0.3, -0.25) is 14.6 Å². The van der Waals surface area contributed by atoms with E-state index in [2.05, 4.69) is 15.9 Å². The zero-order valence-corrected chi connectivity index (χ0v) is 12.4. The molecule has 3 N–H and O–H groups in total. The Balaban J connectivity index is 1.63. The second-order valence-electron chi connectivity index (χ2n) is 6.07. The summed E-state index contributed by atoms with van der Waals surface area (Å²) in [6.07, 6.45) is 0.504. The van der Waals surface area contributed by atoms with Gasteiger partial charge in [0, 0.05) is 32.2 Å². The van der Waals surface area contributed by atoms with Gasteiger partial charge in [0.05, 0.1) is 12.1 Å². The third-order valence-electron chi connectivity index (χ3n) is 4.94. The third-order valence-corrected chi connectivity index (χ3v) is 4.94. The molecule has 0 bridgehead atoms. The largest absolute Gasteiger partial charge is 0.387 e. The minimum absolute atomic E-state index is 0.161. The van der Waals surface area contributed by atoms with E-state index in [0.29, 0.717) is 0 Å². The van der Waals surface area contributed by atoms with Crippen LogP contribution in [0.4, 0.5) is 0 Å². The Labute approximate surface area is 125 Å². The summed E-state index contributed by atoms with van der Waals surface area (Å²) in [4.78, 5) is 15.7. The molecule has 3 rings (SSSR count). The molecule has 5 nitrogen and oxygen atoms in total. The number of carbonyl (C=O) groups excluding carboxylic acids is 1. The number of benzene rings is 1. The Morgan fingerprint density at radius 1 is 1.29 bits per heavy atom. The van der Waals surface area contributed by atoms with Crippen LogP contribution in [0, 0.1) is 0 Å². The summed E-state index contributed by atoms with van der Waals surface area (Å²) in [5, 5.41) is 10.5. The molecule has 0 aromatic heterocycles. The highest BCUT2D eigenvalue weighted by Crippen LogP contribution is 2.34. The standard InChI is InChI=1S/C16H23N3O2/c1-11(16(17)21)18-6-8-19(9-7-18)14-10-12-4-2-3-5-13(12)15(14)20/h2-5,11,14-15,20H,6-10H2,1H3,(H2,17,21)/t11-,14-,15-/m1/s1. The van der Waals surface area contributed by atoms with Gasteiger partial charge >= 0.3 is 0 Å². The Bertz CT molecular complexity index is 526. The number of aliphatic hydroxyl groups is 1. The van der Waals surface area contributed by atoms with Crippen molar-refractivity contribution in [1.29, 1.82) is 0 Å². The minimum Gasteiger partial charge on any atom is -0.387 e. The highest BCUT2D eigenvalue weighted by molar-refractivity contribution is 5.79. The Morgan fingerprint density at radius 3 is 2.57 bits per heavy atom. The maximum atomic E-state index is 11.3. The maximum absolute atomic E-state index is 11.3. The molecular weight excluding hydrogens is 266 g/mol. The molecule has 1 aliphatic carbocycles. The van der Waals surface area contributed by atoms with E-state index in [-0.39, 0.29) is 18.0 Å². The van der Waals surface area contributed by atoms with Gasteiger partial charge in [0.25, 0.3) is 0 Å². The van der Waals surface area contributed by atoms with Crippen molar-refractivity contribution in [2.75, 3.05) is 26.2 Å². The highest BCUT2D eigenvalue weighted by atomic mass is 16.3. The van der Waals surface area contributed by atoms with Gasteiger partial charge in [-0.25, -0.2) is 0 Å². The van der Waals surface area contributed by atoms with Crippen LogP contribution in [-0.4, -0.2) is 59.1 Å². The number of aliphatic hydroxyl groups excluding tert-OH is 1. The molecule has 1 fully saturated rings. The minimum atomic E-state index is -0.402. The number of hydrogen-bond acceptors (Lipinski definition) is 4. The molecule has 0 unspecified atom stereocenters. The fourth-order valence-corrected chi connectivity index (χ4v) is 3.52. The lowest BCUT2D eigenvalue weighted by Gasteiger charge is -2.40. The molecule has 21 heavy (non-hydrogen) atoms. The van der Waals surface area contributed by atoms with E-state index in [1.807, 2.05) is 25.1 Å². The average Bonchev–Trinajstić information content (AvgIpc) is 2.84. The summed E-state index contributed by atoms with van der Waals surface area (Å²) < 4.78 is 0. The second kappa shape index (κ2) is 5.75. The first-order valence-electron chi connectivity index (χ1n) is 7.61. The summed E-state index contributed by atoms with van der Waals surface area (Å²) in [6.45, 7) is 5.24. The summed E-state index contributed by atoms with van der Waals surface area (Å²) in [5.74, 6) is -0.267. The van der Waals surface area contributed by atoms with Crippen molar-refractivity contribution in [2.45, 2.75) is 31.5 Å². The monoisotopic (exact) mass is 289 g/mol. The van der Waals surface area contributed by atoms with Crippen molar-refractivity contribution in [3.63, 3.8) is 0 Å². The number of primary amides is 1. The zero-order valence-electron chi connectivity index (χ0n) is 12.4. The highest BCUT2D eigenvalue weighted by Gasteiger charge is 2.36. The predicted molar refractivity (Wildman–Crippen MR) is 80.7 cm³/mol. The molecule has 1 amide bonds. The van der Waals surface area contributed by atoms with Gasteiger partial charge < -0.3 is 10.8 Å². The first-order valence-corrected chi connectivity index (χ1v) is 7.61. The van der Waals surface area contributed by atoms with Crippen LogP contribution in [0.1, 0.15) is 24.2 Å². The predicted octanol–water partition coefficient (Wildman–Crippen LogP) is 0.136. The zero-order chi connectivity index (χ0) is 15.0. The molecule has 1 aromatic rings. The van der Waals surface area contributed by atoms with Crippen LogP contribution in [0.5, 0.6) is 0 Å². The van der Waals surface area contributed by atoms with Crippen molar-refractivity contribution in [1.82, 2.24) is 9.80 Å². The van der Waals surface area contributed by atoms with E-state index < -0.39 is 6.10 Å². The smallest absolute Gasteiger partial charge is 0.234 e. The van der Waals surface area contributed by atoms with Crippen molar-refractivity contribution in [2.24, 2.45) is 5.73 Å². The van der Waals surface area contributed by atoms with Gasteiger partial charge in [0.1, 0.15) is 0 Å².